The summed E-state index contributed by atoms with van der Waals surface area (Å²) in [6.45, 7) is 3.65. The fraction of sp³-hybridized carbons (Fsp3) is 0.421. The first-order chi connectivity index (χ1) is 12.1. The molecule has 0 aliphatic carbocycles. The van der Waals surface area contributed by atoms with Crippen molar-refractivity contribution in [3.63, 3.8) is 0 Å². The topological polar surface area (TPSA) is 39.9 Å². The van der Waals surface area contributed by atoms with Crippen LogP contribution in [0.4, 0.5) is 10.1 Å². The Kier molecular flexibility index (Phi) is 4.09. The zero-order valence-electron chi connectivity index (χ0n) is 14.3. The largest absolute Gasteiger partial charge is 0.472 e. The van der Waals surface area contributed by atoms with Gasteiger partial charge >= 0.3 is 0 Å². The lowest BCUT2D eigenvalue weighted by atomic mass is 9.92. The fourth-order valence-corrected chi connectivity index (χ4v) is 4.00. The van der Waals surface area contributed by atoms with Crippen LogP contribution >= 0.6 is 0 Å². The van der Waals surface area contributed by atoms with Crippen LogP contribution in [0.1, 0.15) is 12.0 Å². The van der Waals surface area contributed by atoms with Crippen LogP contribution in [-0.2, 0) is 11.3 Å². The number of benzene rings is 1. The van der Waals surface area contributed by atoms with Gasteiger partial charge < -0.3 is 9.32 Å². The maximum absolute atomic E-state index is 13.6. The number of carbonyl (C=O) groups excluding carboxylic acids is 1. The van der Waals surface area contributed by atoms with E-state index in [9.17, 15) is 9.18 Å². The molecule has 6 heteroatoms. The number of carbonyl (C=O) groups is 1. The van der Waals surface area contributed by atoms with Crippen LogP contribution in [0.25, 0.3) is 0 Å². The van der Waals surface area contributed by atoms with Crippen molar-refractivity contribution >= 4 is 11.6 Å². The van der Waals surface area contributed by atoms with Gasteiger partial charge in [-0.2, -0.15) is 0 Å². The summed E-state index contributed by atoms with van der Waals surface area (Å²) >= 11 is 0. The van der Waals surface area contributed by atoms with Gasteiger partial charge in [0, 0.05) is 37.4 Å². The van der Waals surface area contributed by atoms with E-state index in [1.807, 2.05) is 13.1 Å². The quantitative estimate of drug-likeness (QED) is 0.858. The predicted molar refractivity (Wildman–Crippen MR) is 92.7 cm³/mol. The summed E-state index contributed by atoms with van der Waals surface area (Å²) < 4.78 is 18.8. The van der Waals surface area contributed by atoms with Crippen molar-refractivity contribution < 1.29 is 13.6 Å². The normalized spacial score (nSPS) is 25.2. The monoisotopic (exact) mass is 343 g/mol. The minimum atomic E-state index is -0.314. The van der Waals surface area contributed by atoms with Crippen LogP contribution in [0.2, 0.25) is 0 Å². The molecular weight excluding hydrogens is 321 g/mol. The van der Waals surface area contributed by atoms with Gasteiger partial charge in [-0.25, -0.2) is 4.39 Å². The van der Waals surface area contributed by atoms with Crippen LogP contribution in [0, 0.1) is 5.82 Å². The van der Waals surface area contributed by atoms with Gasteiger partial charge in [0.15, 0.2) is 0 Å². The molecule has 5 nitrogen and oxygen atoms in total. The second-order valence-corrected chi connectivity index (χ2v) is 7.13. The average Bonchev–Trinajstić information content (AvgIpc) is 3.22. The Bertz CT molecular complexity index is 764. The van der Waals surface area contributed by atoms with E-state index in [0.29, 0.717) is 18.8 Å². The molecule has 0 unspecified atom stereocenters. The Morgan fingerprint density at radius 1 is 1.28 bits per heavy atom. The lowest BCUT2D eigenvalue weighted by Gasteiger charge is -2.47. The summed E-state index contributed by atoms with van der Waals surface area (Å²) in [5, 5.41) is 0. The minimum absolute atomic E-state index is 0.0204. The molecule has 1 atom stereocenters. The van der Waals surface area contributed by atoms with Gasteiger partial charge in [0.1, 0.15) is 5.82 Å². The molecule has 0 radical (unpaired) electrons. The first-order valence-electron chi connectivity index (χ1n) is 8.56. The summed E-state index contributed by atoms with van der Waals surface area (Å²) in [4.78, 5) is 18.8. The molecule has 132 valence electrons. The van der Waals surface area contributed by atoms with E-state index in [-0.39, 0.29) is 17.3 Å². The Morgan fingerprint density at radius 3 is 2.92 bits per heavy atom. The van der Waals surface area contributed by atoms with Crippen molar-refractivity contribution in [3.05, 3.63) is 54.2 Å². The number of likely N-dealkylation sites (N-methyl/N-ethyl adjacent to an activating group) is 1. The molecule has 2 aliphatic rings. The van der Waals surface area contributed by atoms with E-state index in [1.54, 1.807) is 29.6 Å². The molecule has 1 aromatic heterocycles. The summed E-state index contributed by atoms with van der Waals surface area (Å²) in [7, 11) is 2.02. The van der Waals surface area contributed by atoms with Gasteiger partial charge in [0.05, 0.1) is 24.6 Å². The lowest BCUT2D eigenvalue weighted by Crippen LogP contribution is -2.64. The highest BCUT2D eigenvalue weighted by molar-refractivity contribution is 5.96. The Balaban J connectivity index is 1.54. The zero-order valence-corrected chi connectivity index (χ0v) is 14.3. The second-order valence-electron chi connectivity index (χ2n) is 7.13. The van der Waals surface area contributed by atoms with Gasteiger partial charge in [0.25, 0.3) is 0 Å². The first kappa shape index (κ1) is 16.3. The van der Waals surface area contributed by atoms with E-state index in [4.69, 9.17) is 4.42 Å². The van der Waals surface area contributed by atoms with E-state index in [0.717, 1.165) is 31.6 Å². The van der Waals surface area contributed by atoms with Crippen LogP contribution in [-0.4, -0.2) is 54.5 Å². The number of hydrogen-bond donors (Lipinski definition) is 0. The van der Waals surface area contributed by atoms with Crippen molar-refractivity contribution in [2.75, 3.05) is 38.1 Å². The third-order valence-electron chi connectivity index (χ3n) is 5.45. The molecule has 3 heterocycles. The molecule has 2 saturated heterocycles. The number of nitrogens with zero attached hydrogens (tertiary/aromatic N) is 3. The van der Waals surface area contributed by atoms with Crippen LogP contribution in [0.15, 0.2) is 47.3 Å². The smallest absolute Gasteiger partial charge is 0.241 e. The molecule has 2 aliphatic heterocycles. The summed E-state index contributed by atoms with van der Waals surface area (Å²) in [6, 6.07) is 8.29. The standard InChI is InChI=1S/C19H22FN3O2/c1-21-11-18(24)23(17-4-2-3-16(20)9-17)14-19(21)6-7-22(13-19)10-15-5-8-25-12-15/h2-5,8-9,12H,6-7,10-11,13-14H2,1H3/t19-/m1/s1. The molecule has 25 heavy (non-hydrogen) atoms. The molecule has 1 amide bonds. The van der Waals surface area contributed by atoms with Crippen LogP contribution in [0.5, 0.6) is 0 Å². The molecule has 4 rings (SSSR count). The van der Waals surface area contributed by atoms with Crippen molar-refractivity contribution in [1.29, 1.82) is 0 Å². The zero-order chi connectivity index (χ0) is 17.4. The average molecular weight is 343 g/mol. The highest BCUT2D eigenvalue weighted by atomic mass is 19.1. The number of likely N-dealkylation sites (tertiary alicyclic amines) is 1. The SMILES string of the molecule is CN1CC(=O)N(c2cccc(F)c2)C[C@]12CCN(Cc1ccoc1)C2. The second kappa shape index (κ2) is 6.28. The lowest BCUT2D eigenvalue weighted by molar-refractivity contribution is -0.123. The van der Waals surface area contributed by atoms with Gasteiger partial charge in [-0.1, -0.05) is 6.07 Å². The van der Waals surface area contributed by atoms with Gasteiger partial charge in [-0.3, -0.25) is 14.6 Å². The van der Waals surface area contributed by atoms with Gasteiger partial charge in [-0.15, -0.1) is 0 Å². The Morgan fingerprint density at radius 2 is 2.16 bits per heavy atom. The number of hydrogen-bond acceptors (Lipinski definition) is 4. The number of anilines is 1. The molecule has 0 saturated carbocycles. The van der Waals surface area contributed by atoms with Gasteiger partial charge in [-0.05, 0) is 37.7 Å². The van der Waals surface area contributed by atoms with E-state index < -0.39 is 0 Å². The molecule has 1 aromatic carbocycles. The molecule has 0 bridgehead atoms. The number of furan rings is 1. The van der Waals surface area contributed by atoms with Gasteiger partial charge in [0.2, 0.25) is 5.91 Å². The van der Waals surface area contributed by atoms with Crippen LogP contribution < -0.4 is 4.90 Å². The van der Waals surface area contributed by atoms with E-state index in [1.165, 1.54) is 12.1 Å². The molecule has 2 aromatic rings. The highest BCUT2D eigenvalue weighted by Gasteiger charge is 2.47. The van der Waals surface area contributed by atoms with Crippen molar-refractivity contribution in [2.24, 2.45) is 0 Å². The maximum atomic E-state index is 13.6. The number of amides is 1. The molecular formula is C19H22FN3O2. The van der Waals surface area contributed by atoms with Crippen molar-refractivity contribution in [3.8, 4) is 0 Å². The highest BCUT2D eigenvalue weighted by Crippen LogP contribution is 2.34. The number of piperazine rings is 1. The summed E-state index contributed by atoms with van der Waals surface area (Å²) in [5.41, 5.74) is 1.71. The van der Waals surface area contributed by atoms with E-state index >= 15 is 0 Å². The first-order valence-corrected chi connectivity index (χ1v) is 8.56. The van der Waals surface area contributed by atoms with Crippen molar-refractivity contribution in [1.82, 2.24) is 9.80 Å². The molecule has 1 spiro atoms. The predicted octanol–water partition coefficient (Wildman–Crippen LogP) is 2.34. The fourth-order valence-electron chi connectivity index (χ4n) is 4.00. The Labute approximate surface area is 146 Å². The summed E-state index contributed by atoms with van der Waals surface area (Å²) in [5.74, 6) is -0.293. The minimum Gasteiger partial charge on any atom is -0.472 e. The maximum Gasteiger partial charge on any atom is 0.241 e. The van der Waals surface area contributed by atoms with E-state index in [2.05, 4.69) is 9.80 Å². The third kappa shape index (κ3) is 3.07. The van der Waals surface area contributed by atoms with Crippen molar-refractivity contribution in [2.45, 2.75) is 18.5 Å². The molecule has 0 N–H and O–H groups in total. The third-order valence-corrected chi connectivity index (χ3v) is 5.45. The number of halogens is 1. The molecule has 2 fully saturated rings. The number of rotatable bonds is 3. The summed E-state index contributed by atoms with van der Waals surface area (Å²) in [6.07, 6.45) is 4.46. The Hall–Kier alpha value is -2.18. The van der Waals surface area contributed by atoms with Crippen LogP contribution in [0.3, 0.4) is 0 Å².